The van der Waals surface area contributed by atoms with Crippen molar-refractivity contribution in [2.45, 2.75) is 6.42 Å². The summed E-state index contributed by atoms with van der Waals surface area (Å²) in [6.07, 6.45) is 0.171. The summed E-state index contributed by atoms with van der Waals surface area (Å²) in [4.78, 5) is 18.2. The number of aromatic amines is 1. The van der Waals surface area contributed by atoms with Crippen LogP contribution in [0, 0.1) is 22.7 Å². The molecule has 2 N–H and O–H groups in total. The number of carbonyl (C=O) groups is 1. The minimum absolute atomic E-state index is 0.0326. The standard InChI is InChI=1S/C13H8BrN5O/c14-9-3-1-2-8(4-9)5-12(20)19-13-17-10(6-15)11(7-16)18-13/h1-4H,5H2,(H2,17,18,19,20). The zero-order valence-electron chi connectivity index (χ0n) is 10.1. The van der Waals surface area contributed by atoms with Crippen LogP contribution in [0.3, 0.4) is 0 Å². The molecule has 20 heavy (non-hydrogen) atoms. The van der Waals surface area contributed by atoms with Gasteiger partial charge in [0.05, 0.1) is 6.42 Å². The summed E-state index contributed by atoms with van der Waals surface area (Å²) >= 11 is 3.33. The molecule has 0 unspecified atom stereocenters. The van der Waals surface area contributed by atoms with Crippen LogP contribution in [0.15, 0.2) is 28.7 Å². The van der Waals surface area contributed by atoms with Gasteiger partial charge in [0.25, 0.3) is 0 Å². The monoisotopic (exact) mass is 329 g/mol. The van der Waals surface area contributed by atoms with Crippen molar-refractivity contribution >= 4 is 27.8 Å². The van der Waals surface area contributed by atoms with Gasteiger partial charge < -0.3 is 4.98 Å². The highest BCUT2D eigenvalue weighted by Crippen LogP contribution is 2.13. The van der Waals surface area contributed by atoms with Crippen molar-refractivity contribution in [1.29, 1.82) is 10.5 Å². The van der Waals surface area contributed by atoms with Gasteiger partial charge in [0.2, 0.25) is 11.9 Å². The number of benzene rings is 1. The molecule has 0 fully saturated rings. The molecular weight excluding hydrogens is 322 g/mol. The van der Waals surface area contributed by atoms with E-state index in [1.54, 1.807) is 12.1 Å². The molecule has 0 aliphatic heterocycles. The van der Waals surface area contributed by atoms with Crippen molar-refractivity contribution in [2.75, 3.05) is 5.32 Å². The molecule has 0 spiro atoms. The number of aromatic nitrogens is 2. The highest BCUT2D eigenvalue weighted by Gasteiger charge is 2.12. The fourth-order valence-electron chi connectivity index (χ4n) is 1.60. The van der Waals surface area contributed by atoms with Gasteiger partial charge in [0.1, 0.15) is 12.1 Å². The third-order valence-electron chi connectivity index (χ3n) is 2.43. The lowest BCUT2D eigenvalue weighted by molar-refractivity contribution is -0.115. The molecule has 2 aromatic rings. The van der Waals surface area contributed by atoms with Gasteiger partial charge in [-0.25, -0.2) is 4.98 Å². The number of hydrogen-bond donors (Lipinski definition) is 2. The van der Waals surface area contributed by atoms with Crippen LogP contribution < -0.4 is 5.32 Å². The number of rotatable bonds is 3. The first-order valence-corrected chi connectivity index (χ1v) is 6.36. The Labute approximate surface area is 123 Å². The summed E-state index contributed by atoms with van der Waals surface area (Å²) in [7, 11) is 0. The fraction of sp³-hybridized carbons (Fsp3) is 0.0769. The Morgan fingerprint density at radius 2 is 2.20 bits per heavy atom. The van der Waals surface area contributed by atoms with E-state index in [1.165, 1.54) is 0 Å². The molecule has 98 valence electrons. The number of hydrogen-bond acceptors (Lipinski definition) is 4. The van der Waals surface area contributed by atoms with Crippen molar-refractivity contribution in [3.63, 3.8) is 0 Å². The van der Waals surface area contributed by atoms with Crippen LogP contribution in [0.25, 0.3) is 0 Å². The predicted octanol–water partition coefficient (Wildman–Crippen LogP) is 2.10. The molecule has 0 aliphatic rings. The second-order valence-electron chi connectivity index (χ2n) is 3.89. The molecule has 1 amide bonds. The maximum Gasteiger partial charge on any atom is 0.231 e. The summed E-state index contributed by atoms with van der Waals surface area (Å²) < 4.78 is 0.888. The van der Waals surface area contributed by atoms with Gasteiger partial charge in [-0.3, -0.25) is 10.1 Å². The smallest absolute Gasteiger partial charge is 0.231 e. The number of nitrogens with one attached hydrogen (secondary N) is 2. The SMILES string of the molecule is N#Cc1nc(NC(=O)Cc2cccc(Br)c2)[nH]c1C#N. The number of carbonyl (C=O) groups excluding carboxylic acids is 1. The van der Waals surface area contributed by atoms with E-state index in [0.717, 1.165) is 10.0 Å². The lowest BCUT2D eigenvalue weighted by Gasteiger charge is -2.02. The molecule has 0 radical (unpaired) electrons. The number of nitriles is 2. The normalized spacial score (nSPS) is 9.55. The van der Waals surface area contributed by atoms with Crippen LogP contribution in [0.2, 0.25) is 0 Å². The number of H-pyrrole nitrogens is 1. The van der Waals surface area contributed by atoms with E-state index in [4.69, 9.17) is 10.5 Å². The molecule has 0 atom stereocenters. The molecule has 0 bridgehead atoms. The van der Waals surface area contributed by atoms with Crippen LogP contribution in [0.5, 0.6) is 0 Å². The summed E-state index contributed by atoms with van der Waals surface area (Å²) in [6, 6.07) is 10.9. The number of halogens is 1. The van der Waals surface area contributed by atoms with Crippen molar-refractivity contribution in [2.24, 2.45) is 0 Å². The summed E-state index contributed by atoms with van der Waals surface area (Å²) in [5, 5.41) is 20.0. The zero-order valence-corrected chi connectivity index (χ0v) is 11.7. The number of anilines is 1. The van der Waals surface area contributed by atoms with Crippen molar-refractivity contribution < 1.29 is 4.79 Å². The van der Waals surface area contributed by atoms with Gasteiger partial charge in [-0.1, -0.05) is 28.1 Å². The Hall–Kier alpha value is -2.64. The molecule has 0 saturated carbocycles. The first kappa shape index (κ1) is 13.8. The van der Waals surface area contributed by atoms with E-state index in [9.17, 15) is 4.79 Å². The van der Waals surface area contributed by atoms with Crippen molar-refractivity contribution in [3.8, 4) is 12.1 Å². The summed E-state index contributed by atoms with van der Waals surface area (Å²) in [5.74, 6) is -0.191. The Morgan fingerprint density at radius 1 is 1.40 bits per heavy atom. The van der Waals surface area contributed by atoms with Crippen molar-refractivity contribution in [1.82, 2.24) is 9.97 Å². The minimum Gasteiger partial charge on any atom is -0.314 e. The van der Waals surface area contributed by atoms with E-state index >= 15 is 0 Å². The molecule has 6 nitrogen and oxygen atoms in total. The summed E-state index contributed by atoms with van der Waals surface area (Å²) in [5.41, 5.74) is 0.833. The molecule has 0 aliphatic carbocycles. The number of imidazole rings is 1. The van der Waals surface area contributed by atoms with E-state index in [1.807, 2.05) is 24.3 Å². The van der Waals surface area contributed by atoms with E-state index in [-0.39, 0.29) is 29.7 Å². The molecule has 1 aromatic carbocycles. The second-order valence-corrected chi connectivity index (χ2v) is 4.80. The first-order chi connectivity index (χ1) is 9.62. The third kappa shape index (κ3) is 3.22. The van der Waals surface area contributed by atoms with E-state index in [0.29, 0.717) is 0 Å². The van der Waals surface area contributed by atoms with Crippen LogP contribution >= 0.6 is 15.9 Å². The van der Waals surface area contributed by atoms with E-state index < -0.39 is 0 Å². The van der Waals surface area contributed by atoms with Gasteiger partial charge in [-0.05, 0) is 17.7 Å². The lowest BCUT2D eigenvalue weighted by Crippen LogP contribution is -2.15. The largest absolute Gasteiger partial charge is 0.314 e. The quantitative estimate of drug-likeness (QED) is 0.899. The molecule has 1 aromatic heterocycles. The van der Waals surface area contributed by atoms with Gasteiger partial charge in [0.15, 0.2) is 11.4 Å². The lowest BCUT2D eigenvalue weighted by atomic mass is 10.1. The molecule has 2 rings (SSSR count). The molecule has 0 saturated heterocycles. The van der Waals surface area contributed by atoms with Crippen LogP contribution in [-0.2, 0) is 11.2 Å². The van der Waals surface area contributed by atoms with Gasteiger partial charge >= 0.3 is 0 Å². The Kier molecular flexibility index (Phi) is 4.14. The van der Waals surface area contributed by atoms with E-state index in [2.05, 4.69) is 31.2 Å². The average Bonchev–Trinajstić information content (AvgIpc) is 2.80. The van der Waals surface area contributed by atoms with Gasteiger partial charge in [0, 0.05) is 4.47 Å². The Bertz CT molecular complexity index is 706. The molecular formula is C13H8BrN5O. The Balaban J connectivity index is 2.07. The molecule has 7 heteroatoms. The molecule has 1 heterocycles. The summed E-state index contributed by atoms with van der Waals surface area (Å²) in [6.45, 7) is 0. The van der Waals surface area contributed by atoms with Gasteiger partial charge in [-0.2, -0.15) is 10.5 Å². The van der Waals surface area contributed by atoms with Crippen molar-refractivity contribution in [3.05, 3.63) is 45.7 Å². The average molecular weight is 330 g/mol. The van der Waals surface area contributed by atoms with Crippen LogP contribution in [0.1, 0.15) is 17.0 Å². The van der Waals surface area contributed by atoms with Crippen LogP contribution in [0.4, 0.5) is 5.95 Å². The predicted molar refractivity (Wildman–Crippen MR) is 74.5 cm³/mol. The minimum atomic E-state index is -0.286. The Morgan fingerprint density at radius 3 is 2.80 bits per heavy atom. The van der Waals surface area contributed by atoms with Gasteiger partial charge in [-0.15, -0.1) is 0 Å². The third-order valence-corrected chi connectivity index (χ3v) is 2.93. The topological polar surface area (TPSA) is 105 Å². The number of nitrogens with zero attached hydrogens (tertiary/aromatic N) is 3. The zero-order chi connectivity index (χ0) is 14.5. The fourth-order valence-corrected chi connectivity index (χ4v) is 2.05. The maximum atomic E-state index is 11.8. The first-order valence-electron chi connectivity index (χ1n) is 5.57. The number of amides is 1. The maximum absolute atomic E-state index is 11.8. The highest BCUT2D eigenvalue weighted by molar-refractivity contribution is 9.10. The second kappa shape index (κ2) is 6.00. The van der Waals surface area contributed by atoms with Crippen LogP contribution in [-0.4, -0.2) is 15.9 Å². The highest BCUT2D eigenvalue weighted by atomic mass is 79.9.